The second kappa shape index (κ2) is 8.04. The Morgan fingerprint density at radius 1 is 1.37 bits per heavy atom. The number of urea groups is 1. The second-order valence-electron chi connectivity index (χ2n) is 6.88. The Kier molecular flexibility index (Phi) is 5.33. The lowest BCUT2D eigenvalue weighted by molar-refractivity contribution is 0.172. The van der Waals surface area contributed by atoms with Crippen molar-refractivity contribution in [3.8, 4) is 0 Å². The van der Waals surface area contributed by atoms with Crippen LogP contribution in [0, 0.1) is 6.92 Å². The van der Waals surface area contributed by atoms with Crippen molar-refractivity contribution in [1.82, 2.24) is 25.3 Å². The number of thiazole rings is 1. The van der Waals surface area contributed by atoms with E-state index >= 15 is 0 Å². The first-order valence-corrected chi connectivity index (χ1v) is 10.2. The van der Waals surface area contributed by atoms with Crippen LogP contribution in [0.5, 0.6) is 0 Å². The molecule has 4 rings (SSSR count). The van der Waals surface area contributed by atoms with E-state index in [1.54, 1.807) is 11.3 Å². The molecule has 0 aliphatic carbocycles. The van der Waals surface area contributed by atoms with Crippen LogP contribution in [0.2, 0.25) is 0 Å². The van der Waals surface area contributed by atoms with Crippen molar-refractivity contribution in [2.45, 2.75) is 38.5 Å². The average Bonchev–Trinajstić information content (AvgIpc) is 3.31. The monoisotopic (exact) mass is 385 g/mol. The Morgan fingerprint density at radius 2 is 2.26 bits per heavy atom. The Labute approximate surface area is 161 Å². The molecule has 1 N–H and O–H groups in total. The normalized spacial score (nSPS) is 17.4. The van der Waals surface area contributed by atoms with Gasteiger partial charge in [0.1, 0.15) is 0 Å². The number of piperidine rings is 1. The van der Waals surface area contributed by atoms with Crippen molar-refractivity contribution in [1.29, 1.82) is 0 Å². The molecule has 0 spiro atoms. The highest BCUT2D eigenvalue weighted by molar-refractivity contribution is 7.18. The van der Waals surface area contributed by atoms with Gasteiger partial charge < -0.3 is 14.7 Å². The van der Waals surface area contributed by atoms with Gasteiger partial charge in [0.15, 0.2) is 5.82 Å². The summed E-state index contributed by atoms with van der Waals surface area (Å²) >= 11 is 1.73. The number of benzene rings is 1. The van der Waals surface area contributed by atoms with Crippen LogP contribution in [-0.2, 0) is 6.42 Å². The van der Waals surface area contributed by atoms with Gasteiger partial charge in [-0.2, -0.15) is 4.98 Å². The van der Waals surface area contributed by atoms with Gasteiger partial charge in [-0.15, -0.1) is 11.3 Å². The summed E-state index contributed by atoms with van der Waals surface area (Å²) in [5, 5.41) is 8.01. The number of para-hydroxylation sites is 1. The van der Waals surface area contributed by atoms with Crippen LogP contribution in [0.15, 0.2) is 28.8 Å². The highest BCUT2D eigenvalue weighted by Gasteiger charge is 2.28. The Hall–Kier alpha value is -2.48. The highest BCUT2D eigenvalue weighted by atomic mass is 32.1. The van der Waals surface area contributed by atoms with Crippen LogP contribution in [0.4, 0.5) is 4.79 Å². The summed E-state index contributed by atoms with van der Waals surface area (Å²) in [5.74, 6) is 1.41. The number of aromatic nitrogens is 3. The number of rotatable bonds is 5. The van der Waals surface area contributed by atoms with Crippen molar-refractivity contribution in [2.24, 2.45) is 0 Å². The van der Waals surface area contributed by atoms with E-state index in [1.165, 1.54) is 4.70 Å². The Bertz CT molecular complexity index is 889. The van der Waals surface area contributed by atoms with Gasteiger partial charge in [-0.25, -0.2) is 9.78 Å². The molecule has 27 heavy (non-hydrogen) atoms. The van der Waals surface area contributed by atoms with E-state index in [2.05, 4.69) is 26.5 Å². The predicted molar refractivity (Wildman–Crippen MR) is 104 cm³/mol. The molecule has 0 saturated carbocycles. The topological polar surface area (TPSA) is 84.2 Å². The molecule has 1 unspecified atom stereocenters. The lowest BCUT2D eigenvalue weighted by atomic mass is 9.98. The quantitative estimate of drug-likeness (QED) is 0.680. The number of likely N-dealkylation sites (tertiary alicyclic amines) is 1. The molecule has 0 bridgehead atoms. The minimum absolute atomic E-state index is 0.0137. The van der Waals surface area contributed by atoms with E-state index in [4.69, 9.17) is 4.52 Å². The number of aryl methyl sites for hydroxylation is 2. The standard InChI is InChI=1S/C19H23N5O2S/c1-13-21-18(26-23-13)14-6-5-11-24(12-14)19(25)20-10-4-9-17-22-15-7-2-3-8-16(15)27-17/h2-3,7-8,14H,4-6,9-12H2,1H3,(H,20,25). The van der Waals surface area contributed by atoms with E-state index in [-0.39, 0.29) is 11.9 Å². The number of carbonyl (C=O) groups is 1. The molecule has 1 atom stereocenters. The van der Waals surface area contributed by atoms with Crippen molar-refractivity contribution in [3.05, 3.63) is 41.0 Å². The average molecular weight is 385 g/mol. The third-order valence-corrected chi connectivity index (χ3v) is 5.88. The number of hydrogen-bond donors (Lipinski definition) is 1. The van der Waals surface area contributed by atoms with Crippen LogP contribution in [0.25, 0.3) is 10.2 Å². The van der Waals surface area contributed by atoms with Crippen molar-refractivity contribution >= 4 is 27.6 Å². The molecule has 1 saturated heterocycles. The summed E-state index contributed by atoms with van der Waals surface area (Å²) in [6.07, 6.45) is 3.68. The number of fused-ring (bicyclic) bond motifs is 1. The molecule has 3 heterocycles. The van der Waals surface area contributed by atoms with Gasteiger partial charge in [0, 0.05) is 26.1 Å². The molecule has 2 amide bonds. The zero-order valence-corrected chi connectivity index (χ0v) is 16.2. The second-order valence-corrected chi connectivity index (χ2v) is 7.99. The zero-order chi connectivity index (χ0) is 18.6. The fourth-order valence-corrected chi connectivity index (χ4v) is 4.42. The van der Waals surface area contributed by atoms with Gasteiger partial charge in [0.2, 0.25) is 5.89 Å². The highest BCUT2D eigenvalue weighted by Crippen LogP contribution is 2.25. The summed E-state index contributed by atoms with van der Waals surface area (Å²) in [7, 11) is 0. The first-order chi connectivity index (χ1) is 13.2. The van der Waals surface area contributed by atoms with Crippen molar-refractivity contribution < 1.29 is 9.32 Å². The number of carbonyl (C=O) groups excluding carboxylic acids is 1. The first kappa shape index (κ1) is 17.9. The van der Waals surface area contributed by atoms with E-state index in [0.717, 1.165) is 42.8 Å². The summed E-state index contributed by atoms with van der Waals surface area (Å²) < 4.78 is 6.49. The molecule has 7 nitrogen and oxygen atoms in total. The van der Waals surface area contributed by atoms with Gasteiger partial charge in [0.25, 0.3) is 0 Å². The van der Waals surface area contributed by atoms with E-state index in [0.29, 0.717) is 24.8 Å². The van der Waals surface area contributed by atoms with E-state index in [9.17, 15) is 4.79 Å². The minimum Gasteiger partial charge on any atom is -0.339 e. The van der Waals surface area contributed by atoms with Gasteiger partial charge in [-0.05, 0) is 38.3 Å². The lowest BCUT2D eigenvalue weighted by Gasteiger charge is -2.31. The first-order valence-electron chi connectivity index (χ1n) is 9.36. The predicted octanol–water partition coefficient (Wildman–Crippen LogP) is 3.51. The molecule has 0 radical (unpaired) electrons. The Balaban J connectivity index is 1.24. The molecular weight excluding hydrogens is 362 g/mol. The van der Waals surface area contributed by atoms with Crippen LogP contribution >= 0.6 is 11.3 Å². The van der Waals surface area contributed by atoms with Gasteiger partial charge in [0.05, 0.1) is 21.1 Å². The summed E-state index contributed by atoms with van der Waals surface area (Å²) in [6, 6.07) is 8.16. The number of amides is 2. The summed E-state index contributed by atoms with van der Waals surface area (Å²) in [4.78, 5) is 23.3. The third kappa shape index (κ3) is 4.27. The van der Waals surface area contributed by atoms with Crippen LogP contribution in [0.1, 0.15) is 41.9 Å². The van der Waals surface area contributed by atoms with Crippen LogP contribution < -0.4 is 5.32 Å². The summed E-state index contributed by atoms with van der Waals surface area (Å²) in [5.41, 5.74) is 1.05. The van der Waals surface area contributed by atoms with Crippen LogP contribution in [0.3, 0.4) is 0 Å². The Morgan fingerprint density at radius 3 is 3.07 bits per heavy atom. The van der Waals surface area contributed by atoms with Crippen molar-refractivity contribution in [3.63, 3.8) is 0 Å². The van der Waals surface area contributed by atoms with Crippen molar-refractivity contribution in [2.75, 3.05) is 19.6 Å². The maximum absolute atomic E-state index is 12.5. The fraction of sp³-hybridized carbons (Fsp3) is 0.474. The third-order valence-electron chi connectivity index (χ3n) is 4.78. The van der Waals surface area contributed by atoms with E-state index in [1.807, 2.05) is 30.0 Å². The molecule has 2 aromatic heterocycles. The molecular formula is C19H23N5O2S. The van der Waals surface area contributed by atoms with E-state index < -0.39 is 0 Å². The molecule has 1 aliphatic rings. The van der Waals surface area contributed by atoms with Gasteiger partial charge >= 0.3 is 6.03 Å². The molecule has 1 fully saturated rings. The van der Waals surface area contributed by atoms with Gasteiger partial charge in [-0.3, -0.25) is 0 Å². The van der Waals surface area contributed by atoms with Gasteiger partial charge in [-0.1, -0.05) is 17.3 Å². The molecule has 3 aromatic rings. The number of nitrogens with zero attached hydrogens (tertiary/aromatic N) is 4. The molecule has 142 valence electrons. The molecule has 8 heteroatoms. The zero-order valence-electron chi connectivity index (χ0n) is 15.4. The lowest BCUT2D eigenvalue weighted by Crippen LogP contribution is -2.45. The fourth-order valence-electron chi connectivity index (χ4n) is 3.42. The molecule has 1 aromatic carbocycles. The maximum Gasteiger partial charge on any atom is 0.317 e. The minimum atomic E-state index is -0.0137. The number of nitrogens with one attached hydrogen (secondary N) is 1. The van der Waals surface area contributed by atoms with Crippen LogP contribution in [-0.4, -0.2) is 45.7 Å². The maximum atomic E-state index is 12.5. The smallest absolute Gasteiger partial charge is 0.317 e. The summed E-state index contributed by atoms with van der Waals surface area (Å²) in [6.45, 7) is 3.86. The SMILES string of the molecule is Cc1noc(C2CCCN(C(=O)NCCCc3nc4ccccc4s3)C2)n1. The largest absolute Gasteiger partial charge is 0.339 e. The molecule has 1 aliphatic heterocycles. The number of hydrogen-bond acceptors (Lipinski definition) is 6.